The van der Waals surface area contributed by atoms with Crippen molar-refractivity contribution in [3.63, 3.8) is 0 Å². The molecule has 2 N–H and O–H groups in total. The van der Waals surface area contributed by atoms with Gasteiger partial charge < -0.3 is 15.2 Å². The minimum atomic E-state index is -0.685. The first-order chi connectivity index (χ1) is 15.0. The number of cyclic esters (lactones) is 1. The summed E-state index contributed by atoms with van der Waals surface area (Å²) < 4.78 is 10.9. The Hall–Kier alpha value is -1.59. The third-order valence-corrected chi connectivity index (χ3v) is 6.13. The summed E-state index contributed by atoms with van der Waals surface area (Å²) >= 11 is 0. The minimum absolute atomic E-state index is 0.0858. The van der Waals surface area contributed by atoms with Crippen LogP contribution in [0.25, 0.3) is 0 Å². The summed E-state index contributed by atoms with van der Waals surface area (Å²) in [6.45, 7) is 4.39. The normalized spacial score (nSPS) is 18.8. The third kappa shape index (κ3) is 12.8. The van der Waals surface area contributed by atoms with E-state index in [1.54, 1.807) is 0 Å². The van der Waals surface area contributed by atoms with E-state index in [4.69, 9.17) is 15.2 Å². The lowest BCUT2D eigenvalue weighted by atomic mass is 9.86. The van der Waals surface area contributed by atoms with Crippen LogP contribution in [-0.2, 0) is 23.9 Å². The van der Waals surface area contributed by atoms with E-state index in [-0.39, 0.29) is 24.1 Å². The smallest absolute Gasteiger partial charge is 0.315 e. The molecule has 1 fully saturated rings. The molecule has 0 bridgehead atoms. The molecule has 3 atom stereocenters. The van der Waals surface area contributed by atoms with E-state index in [1.165, 1.54) is 51.4 Å². The molecule has 0 spiro atoms. The first-order valence-electron chi connectivity index (χ1n) is 12.7. The fourth-order valence-electron chi connectivity index (χ4n) is 4.24. The van der Waals surface area contributed by atoms with E-state index in [0.29, 0.717) is 6.42 Å². The number of ether oxygens (including phenoxy) is 2. The number of amides is 1. The number of hydrogen-bond donors (Lipinski definition) is 1. The fourth-order valence-corrected chi connectivity index (χ4v) is 4.24. The zero-order valence-electron chi connectivity index (χ0n) is 19.9. The van der Waals surface area contributed by atoms with Crippen LogP contribution < -0.4 is 5.73 Å². The average molecular weight is 440 g/mol. The van der Waals surface area contributed by atoms with Crippen molar-refractivity contribution in [1.29, 1.82) is 0 Å². The Balaban J connectivity index is 2.38. The molecule has 180 valence electrons. The van der Waals surface area contributed by atoms with E-state index < -0.39 is 18.3 Å². The standard InChI is InChI=1S/C25H45NO5/c1-3-5-7-9-10-11-12-13-14-16-20(30-24(28)19-23(26)27)18-22-21(25(29)31-22)17-15-8-6-4-2/h20-22H,3-19H2,1-2H3,(H2,26,27)/t20-,21-,22-/m0/s1. The molecule has 1 rings (SSSR count). The van der Waals surface area contributed by atoms with Crippen molar-refractivity contribution in [3.05, 3.63) is 0 Å². The molecular formula is C25H45NO5. The second kappa shape index (κ2) is 17.0. The van der Waals surface area contributed by atoms with Gasteiger partial charge in [0.15, 0.2) is 0 Å². The van der Waals surface area contributed by atoms with Gasteiger partial charge >= 0.3 is 11.9 Å². The molecular weight excluding hydrogens is 394 g/mol. The number of esters is 2. The van der Waals surface area contributed by atoms with Gasteiger partial charge in [-0.3, -0.25) is 14.4 Å². The summed E-state index contributed by atoms with van der Waals surface area (Å²) in [4.78, 5) is 34.9. The summed E-state index contributed by atoms with van der Waals surface area (Å²) in [5.74, 6) is -1.49. The van der Waals surface area contributed by atoms with Gasteiger partial charge in [-0.1, -0.05) is 90.9 Å². The van der Waals surface area contributed by atoms with E-state index in [0.717, 1.165) is 44.9 Å². The zero-order chi connectivity index (χ0) is 22.9. The molecule has 1 amide bonds. The van der Waals surface area contributed by atoms with Gasteiger partial charge in [0.25, 0.3) is 0 Å². The lowest BCUT2D eigenvalue weighted by Crippen LogP contribution is -2.47. The molecule has 1 heterocycles. The summed E-state index contributed by atoms with van der Waals surface area (Å²) in [6.07, 6.45) is 16.7. The van der Waals surface area contributed by atoms with Crippen molar-refractivity contribution in [1.82, 2.24) is 0 Å². The predicted molar refractivity (Wildman–Crippen MR) is 122 cm³/mol. The Labute approximate surface area is 189 Å². The van der Waals surface area contributed by atoms with Crippen LogP contribution >= 0.6 is 0 Å². The number of nitrogens with two attached hydrogens (primary N) is 1. The van der Waals surface area contributed by atoms with Crippen LogP contribution in [0.3, 0.4) is 0 Å². The summed E-state index contributed by atoms with van der Waals surface area (Å²) in [5, 5.41) is 0. The first kappa shape index (κ1) is 27.4. The van der Waals surface area contributed by atoms with Crippen molar-refractivity contribution in [2.24, 2.45) is 11.7 Å². The van der Waals surface area contributed by atoms with Gasteiger partial charge in [-0.2, -0.15) is 0 Å². The molecule has 0 aromatic carbocycles. The van der Waals surface area contributed by atoms with Crippen LogP contribution in [0.5, 0.6) is 0 Å². The van der Waals surface area contributed by atoms with Crippen LogP contribution in [0.4, 0.5) is 0 Å². The van der Waals surface area contributed by atoms with Gasteiger partial charge in [-0.15, -0.1) is 0 Å². The zero-order valence-corrected chi connectivity index (χ0v) is 19.9. The number of hydrogen-bond acceptors (Lipinski definition) is 5. The van der Waals surface area contributed by atoms with Gasteiger partial charge in [0.05, 0.1) is 5.92 Å². The quantitative estimate of drug-likeness (QED) is 0.151. The third-order valence-electron chi connectivity index (χ3n) is 6.13. The largest absolute Gasteiger partial charge is 0.462 e. The van der Waals surface area contributed by atoms with Crippen LogP contribution in [0.1, 0.15) is 123 Å². The average Bonchev–Trinajstić information content (AvgIpc) is 2.71. The molecule has 0 aromatic rings. The van der Waals surface area contributed by atoms with E-state index in [2.05, 4.69) is 13.8 Å². The minimum Gasteiger partial charge on any atom is -0.462 e. The molecule has 6 heteroatoms. The summed E-state index contributed by atoms with van der Waals surface area (Å²) in [6, 6.07) is 0. The Kier molecular flexibility index (Phi) is 15.1. The Bertz CT molecular complexity index is 522. The van der Waals surface area contributed by atoms with Crippen molar-refractivity contribution in [2.75, 3.05) is 0 Å². The number of carbonyl (C=O) groups excluding carboxylic acids is 3. The second-order valence-electron chi connectivity index (χ2n) is 9.04. The monoisotopic (exact) mass is 439 g/mol. The molecule has 31 heavy (non-hydrogen) atoms. The molecule has 6 nitrogen and oxygen atoms in total. The van der Waals surface area contributed by atoms with E-state index in [9.17, 15) is 14.4 Å². The highest BCUT2D eigenvalue weighted by atomic mass is 16.6. The number of primary amides is 1. The fraction of sp³-hybridized carbons (Fsp3) is 0.880. The maximum Gasteiger partial charge on any atom is 0.315 e. The van der Waals surface area contributed by atoms with Crippen molar-refractivity contribution >= 4 is 17.8 Å². The maximum atomic E-state index is 12.0. The number of rotatable bonds is 20. The molecule has 0 aliphatic carbocycles. The molecule has 0 radical (unpaired) electrons. The number of carbonyl (C=O) groups is 3. The molecule has 0 aromatic heterocycles. The van der Waals surface area contributed by atoms with Crippen molar-refractivity contribution in [3.8, 4) is 0 Å². The Morgan fingerprint density at radius 2 is 1.45 bits per heavy atom. The van der Waals surface area contributed by atoms with E-state index in [1.807, 2.05) is 0 Å². The van der Waals surface area contributed by atoms with Crippen LogP contribution in [0.15, 0.2) is 0 Å². The highest BCUT2D eigenvalue weighted by Gasteiger charge is 2.43. The van der Waals surface area contributed by atoms with Gasteiger partial charge in [0, 0.05) is 6.42 Å². The molecule has 0 unspecified atom stereocenters. The van der Waals surface area contributed by atoms with Crippen LogP contribution in [0.2, 0.25) is 0 Å². The molecule has 1 aliphatic rings. The topological polar surface area (TPSA) is 95.7 Å². The summed E-state index contributed by atoms with van der Waals surface area (Å²) in [7, 11) is 0. The molecule has 1 aliphatic heterocycles. The van der Waals surface area contributed by atoms with Gasteiger partial charge in [-0.05, 0) is 19.3 Å². The maximum absolute atomic E-state index is 12.0. The van der Waals surface area contributed by atoms with Gasteiger partial charge in [0.2, 0.25) is 5.91 Å². The van der Waals surface area contributed by atoms with Crippen molar-refractivity contribution < 1.29 is 23.9 Å². The van der Waals surface area contributed by atoms with E-state index >= 15 is 0 Å². The summed E-state index contributed by atoms with van der Waals surface area (Å²) in [5.41, 5.74) is 5.12. The lowest BCUT2D eigenvalue weighted by Gasteiger charge is -2.37. The molecule has 0 saturated carbocycles. The van der Waals surface area contributed by atoms with Crippen LogP contribution in [0, 0.1) is 5.92 Å². The van der Waals surface area contributed by atoms with Gasteiger partial charge in [0.1, 0.15) is 18.6 Å². The van der Waals surface area contributed by atoms with Crippen LogP contribution in [-0.4, -0.2) is 30.1 Å². The highest BCUT2D eigenvalue weighted by Crippen LogP contribution is 2.32. The number of unbranched alkanes of at least 4 members (excludes halogenated alkanes) is 11. The predicted octanol–water partition coefficient (Wildman–Crippen LogP) is 5.60. The SMILES string of the molecule is CCCCCCCCCCC[C@@H](C[C@@H]1OC(=O)[C@H]1CCCCCC)OC(=O)CC(N)=O. The Morgan fingerprint density at radius 1 is 0.903 bits per heavy atom. The van der Waals surface area contributed by atoms with Gasteiger partial charge in [-0.25, -0.2) is 0 Å². The van der Waals surface area contributed by atoms with Crippen molar-refractivity contribution in [2.45, 2.75) is 135 Å². The first-order valence-corrected chi connectivity index (χ1v) is 12.7. The Morgan fingerprint density at radius 3 is 2.00 bits per heavy atom. The second-order valence-corrected chi connectivity index (χ2v) is 9.04. The highest BCUT2D eigenvalue weighted by molar-refractivity contribution is 5.93. The molecule has 1 saturated heterocycles. The lowest BCUT2D eigenvalue weighted by molar-refractivity contribution is -0.190.